The van der Waals surface area contributed by atoms with Crippen LogP contribution in [-0.4, -0.2) is 35.6 Å². The minimum atomic E-state index is -3.55. The molecule has 0 saturated carbocycles. The first-order valence-electron chi connectivity index (χ1n) is 4.97. The Bertz CT molecular complexity index is 429. The number of aromatic nitrogens is 2. The smallest absolute Gasteiger partial charge is 0.302 e. The zero-order valence-electron chi connectivity index (χ0n) is 9.64. The molecule has 0 unspecified atom stereocenters. The minimum absolute atomic E-state index is 0.284. The van der Waals surface area contributed by atoms with Gasteiger partial charge in [-0.1, -0.05) is 13.8 Å². The molecular weight excluding hydrogens is 230 g/mol. The van der Waals surface area contributed by atoms with Crippen LogP contribution in [-0.2, 0) is 17.3 Å². The molecule has 0 atom stereocenters. The maximum Gasteiger partial charge on any atom is 0.302 e. The van der Waals surface area contributed by atoms with Gasteiger partial charge in [-0.15, -0.1) is 0 Å². The van der Waals surface area contributed by atoms with Gasteiger partial charge in [0.25, 0.3) is 0 Å². The second-order valence-electron chi connectivity index (χ2n) is 3.26. The Labute approximate surface area is 95.4 Å². The second-order valence-corrected chi connectivity index (χ2v) is 4.93. The average molecular weight is 247 g/mol. The molecule has 0 saturated heterocycles. The molecule has 0 aliphatic rings. The summed E-state index contributed by atoms with van der Waals surface area (Å²) in [5, 5.41) is 3.86. The van der Waals surface area contributed by atoms with E-state index in [2.05, 4.69) is 9.82 Å². The molecule has 92 valence electrons. The summed E-state index contributed by atoms with van der Waals surface area (Å²) in [5.41, 5.74) is 5.91. The van der Waals surface area contributed by atoms with Crippen molar-refractivity contribution in [3.63, 3.8) is 0 Å². The molecule has 0 bridgehead atoms. The number of nitrogens with zero attached hydrogens (tertiary/aromatic N) is 3. The van der Waals surface area contributed by atoms with E-state index in [0.29, 0.717) is 18.8 Å². The molecule has 0 spiro atoms. The van der Waals surface area contributed by atoms with Crippen LogP contribution >= 0.6 is 0 Å². The van der Waals surface area contributed by atoms with Gasteiger partial charge < -0.3 is 5.73 Å². The van der Waals surface area contributed by atoms with E-state index >= 15 is 0 Å². The molecule has 16 heavy (non-hydrogen) atoms. The highest BCUT2D eigenvalue weighted by molar-refractivity contribution is 7.90. The highest BCUT2D eigenvalue weighted by atomic mass is 32.2. The summed E-state index contributed by atoms with van der Waals surface area (Å²) in [5.74, 6) is 0.284. The second kappa shape index (κ2) is 4.71. The van der Waals surface area contributed by atoms with Gasteiger partial charge in [0.2, 0.25) is 0 Å². The number of rotatable bonds is 5. The molecule has 1 rings (SSSR count). The van der Waals surface area contributed by atoms with Crippen LogP contribution in [0.4, 0.5) is 11.5 Å². The van der Waals surface area contributed by atoms with Crippen molar-refractivity contribution in [1.82, 2.24) is 14.1 Å². The zero-order valence-corrected chi connectivity index (χ0v) is 10.5. The van der Waals surface area contributed by atoms with Gasteiger partial charge in [-0.25, -0.2) is 0 Å². The SMILES string of the molecule is CCN(CC)S(=O)(=O)Nc1c(N)cnn1C. The summed E-state index contributed by atoms with van der Waals surface area (Å²) in [4.78, 5) is 0. The number of hydrogen-bond acceptors (Lipinski definition) is 4. The molecule has 1 aromatic rings. The number of nitrogens with one attached hydrogen (secondary N) is 1. The summed E-state index contributed by atoms with van der Waals surface area (Å²) in [7, 11) is -1.93. The Morgan fingerprint density at radius 3 is 2.44 bits per heavy atom. The first-order chi connectivity index (χ1) is 7.42. The molecule has 1 aromatic heterocycles. The minimum Gasteiger partial charge on any atom is -0.394 e. The first kappa shape index (κ1) is 12.8. The molecule has 7 nitrogen and oxygen atoms in total. The fraction of sp³-hybridized carbons (Fsp3) is 0.625. The lowest BCUT2D eigenvalue weighted by Gasteiger charge is -2.19. The van der Waals surface area contributed by atoms with E-state index in [1.165, 1.54) is 15.2 Å². The van der Waals surface area contributed by atoms with Crippen LogP contribution in [0.25, 0.3) is 0 Å². The molecule has 3 N–H and O–H groups in total. The predicted molar refractivity (Wildman–Crippen MR) is 63.1 cm³/mol. The number of hydrogen-bond donors (Lipinski definition) is 2. The highest BCUT2D eigenvalue weighted by Gasteiger charge is 2.21. The van der Waals surface area contributed by atoms with E-state index in [0.717, 1.165) is 0 Å². The topological polar surface area (TPSA) is 93.2 Å². The van der Waals surface area contributed by atoms with Gasteiger partial charge in [0.15, 0.2) is 5.82 Å². The van der Waals surface area contributed by atoms with Gasteiger partial charge in [0.1, 0.15) is 0 Å². The molecule has 0 aromatic carbocycles. The number of aryl methyl sites for hydroxylation is 1. The van der Waals surface area contributed by atoms with E-state index < -0.39 is 10.2 Å². The Morgan fingerprint density at radius 1 is 1.50 bits per heavy atom. The van der Waals surface area contributed by atoms with Gasteiger partial charge in [0, 0.05) is 20.1 Å². The predicted octanol–water partition coefficient (Wildman–Crippen LogP) is 0.000800. The van der Waals surface area contributed by atoms with Gasteiger partial charge in [-0.2, -0.15) is 17.8 Å². The van der Waals surface area contributed by atoms with E-state index in [-0.39, 0.29) is 5.82 Å². The van der Waals surface area contributed by atoms with Crippen LogP contribution < -0.4 is 10.5 Å². The molecule has 0 fully saturated rings. The third-order valence-electron chi connectivity index (χ3n) is 2.24. The van der Waals surface area contributed by atoms with E-state index in [4.69, 9.17) is 5.73 Å². The summed E-state index contributed by atoms with van der Waals surface area (Å²) < 4.78 is 28.9. The number of anilines is 2. The Hall–Kier alpha value is -1.28. The maximum absolute atomic E-state index is 11.9. The number of nitrogens with two attached hydrogens (primary N) is 1. The quantitative estimate of drug-likeness (QED) is 0.766. The van der Waals surface area contributed by atoms with Gasteiger partial charge in [0.05, 0.1) is 11.9 Å². The summed E-state index contributed by atoms with van der Waals surface area (Å²) >= 11 is 0. The Balaban J connectivity index is 2.97. The summed E-state index contributed by atoms with van der Waals surface area (Å²) in [6, 6.07) is 0. The Morgan fingerprint density at radius 2 is 2.06 bits per heavy atom. The van der Waals surface area contributed by atoms with Crippen LogP contribution in [0, 0.1) is 0 Å². The van der Waals surface area contributed by atoms with E-state index in [9.17, 15) is 8.42 Å². The highest BCUT2D eigenvalue weighted by Crippen LogP contribution is 2.18. The fourth-order valence-corrected chi connectivity index (χ4v) is 2.63. The lowest BCUT2D eigenvalue weighted by molar-refractivity contribution is 0.449. The van der Waals surface area contributed by atoms with Crippen LogP contribution in [0.15, 0.2) is 6.20 Å². The third kappa shape index (κ3) is 2.45. The average Bonchev–Trinajstić information content (AvgIpc) is 2.50. The van der Waals surface area contributed by atoms with Crippen molar-refractivity contribution in [3.8, 4) is 0 Å². The monoisotopic (exact) mass is 247 g/mol. The van der Waals surface area contributed by atoms with Gasteiger partial charge in [-0.3, -0.25) is 9.40 Å². The molecule has 8 heteroatoms. The third-order valence-corrected chi connectivity index (χ3v) is 3.89. The number of nitrogen functional groups attached to an aromatic ring is 1. The zero-order chi connectivity index (χ0) is 12.3. The van der Waals surface area contributed by atoms with Crippen LogP contribution in [0.3, 0.4) is 0 Å². The van der Waals surface area contributed by atoms with E-state index in [1.54, 1.807) is 20.9 Å². The molecule has 0 amide bonds. The Kier molecular flexibility index (Phi) is 3.76. The summed E-state index contributed by atoms with van der Waals surface area (Å²) in [6.45, 7) is 4.36. The largest absolute Gasteiger partial charge is 0.394 e. The maximum atomic E-state index is 11.9. The van der Waals surface area contributed by atoms with Crippen LogP contribution in [0.1, 0.15) is 13.8 Å². The summed E-state index contributed by atoms with van der Waals surface area (Å²) in [6.07, 6.45) is 1.40. The van der Waals surface area contributed by atoms with Crippen molar-refractivity contribution >= 4 is 21.7 Å². The molecular formula is C8H17N5O2S. The van der Waals surface area contributed by atoms with Crippen molar-refractivity contribution in [3.05, 3.63) is 6.20 Å². The molecule has 0 radical (unpaired) electrons. The first-order valence-corrected chi connectivity index (χ1v) is 6.41. The molecule has 1 heterocycles. The normalized spacial score (nSPS) is 12.0. The van der Waals surface area contributed by atoms with Crippen molar-refractivity contribution in [1.29, 1.82) is 0 Å². The van der Waals surface area contributed by atoms with Gasteiger partial charge in [-0.05, 0) is 0 Å². The van der Waals surface area contributed by atoms with E-state index in [1.807, 2.05) is 0 Å². The van der Waals surface area contributed by atoms with Crippen molar-refractivity contribution in [2.75, 3.05) is 23.5 Å². The van der Waals surface area contributed by atoms with Crippen LogP contribution in [0.2, 0.25) is 0 Å². The lowest BCUT2D eigenvalue weighted by Crippen LogP contribution is -2.36. The van der Waals surface area contributed by atoms with Crippen LogP contribution in [0.5, 0.6) is 0 Å². The lowest BCUT2D eigenvalue weighted by atomic mass is 10.5. The fourth-order valence-electron chi connectivity index (χ4n) is 1.33. The molecule has 0 aliphatic carbocycles. The molecule has 0 aliphatic heterocycles. The standard InChI is InChI=1S/C8H17N5O2S/c1-4-13(5-2)16(14,15)11-8-7(9)6-10-12(8)3/h6,11H,4-5,9H2,1-3H3. The van der Waals surface area contributed by atoms with Gasteiger partial charge >= 0.3 is 10.2 Å². The van der Waals surface area contributed by atoms with Crippen molar-refractivity contribution in [2.45, 2.75) is 13.8 Å². The van der Waals surface area contributed by atoms with Crippen molar-refractivity contribution in [2.24, 2.45) is 7.05 Å². The van der Waals surface area contributed by atoms with Crippen molar-refractivity contribution < 1.29 is 8.42 Å².